The Kier molecular flexibility index (Phi) is 7.78. The number of benzene rings is 1. The Balaban J connectivity index is 1.59. The number of ether oxygens (including phenoxy) is 3. The van der Waals surface area contributed by atoms with Crippen molar-refractivity contribution in [3.63, 3.8) is 0 Å². The third-order valence-corrected chi connectivity index (χ3v) is 5.36. The number of carbonyl (C=O) groups is 3. The van der Waals surface area contributed by atoms with E-state index >= 15 is 0 Å². The lowest BCUT2D eigenvalue weighted by Crippen LogP contribution is -2.53. The first-order valence-corrected chi connectivity index (χ1v) is 10.7. The number of amides is 1. The van der Waals surface area contributed by atoms with E-state index in [9.17, 15) is 19.4 Å². The summed E-state index contributed by atoms with van der Waals surface area (Å²) in [5.74, 6) is -1.42. The molecule has 168 valence electrons. The van der Waals surface area contributed by atoms with Crippen LogP contribution in [0.1, 0.15) is 68.3 Å². The minimum atomic E-state index is -1.31. The highest BCUT2D eigenvalue weighted by atomic mass is 16.8. The molecule has 2 atom stereocenters. The first-order valence-electron chi connectivity index (χ1n) is 10.7. The number of rotatable bonds is 6. The molecule has 31 heavy (non-hydrogen) atoms. The molecular formula is C21H28BNO8. The topological polar surface area (TPSA) is 120 Å². The third kappa shape index (κ3) is 6.13. The van der Waals surface area contributed by atoms with E-state index in [1.807, 2.05) is 0 Å². The maximum atomic E-state index is 12.6. The van der Waals surface area contributed by atoms with Crippen LogP contribution in [0.3, 0.4) is 0 Å². The normalized spacial score (nSPS) is 19.5. The van der Waals surface area contributed by atoms with Crippen molar-refractivity contribution in [2.75, 3.05) is 0 Å². The maximum Gasteiger partial charge on any atom is 0.547 e. The molecule has 1 heterocycles. The van der Waals surface area contributed by atoms with Crippen molar-refractivity contribution >= 4 is 25.2 Å². The van der Waals surface area contributed by atoms with Crippen LogP contribution >= 0.6 is 0 Å². The molecule has 1 saturated carbocycles. The number of carbonyl (C=O) groups excluding carboxylic acids is 3. The molecule has 0 spiro atoms. The standard InChI is InChI=1S/C21H28BNO8/c1-3-18(24)23-17-12-14-8-7-11-16(19(14)31-22(17)27)20(25)28-13(2)29-21(26)30-15-9-5-4-6-10-15/h7-8,11,13,15,17,27H,3-6,9-10,12H2,1-2H3,(H,23,24)/t13?,17-/m0/s1. The summed E-state index contributed by atoms with van der Waals surface area (Å²) in [5, 5.41) is 12.9. The van der Waals surface area contributed by atoms with Gasteiger partial charge in [-0.15, -0.1) is 0 Å². The van der Waals surface area contributed by atoms with Crippen molar-refractivity contribution in [2.45, 2.75) is 77.1 Å². The lowest BCUT2D eigenvalue weighted by molar-refractivity contribution is -0.121. The van der Waals surface area contributed by atoms with Gasteiger partial charge in [-0.3, -0.25) is 4.79 Å². The van der Waals surface area contributed by atoms with Gasteiger partial charge in [0.2, 0.25) is 12.2 Å². The van der Waals surface area contributed by atoms with Gasteiger partial charge >= 0.3 is 19.2 Å². The maximum absolute atomic E-state index is 12.6. The van der Waals surface area contributed by atoms with E-state index in [2.05, 4.69) is 5.32 Å². The van der Waals surface area contributed by atoms with Gasteiger partial charge in [0.05, 0.1) is 5.94 Å². The highest BCUT2D eigenvalue weighted by Gasteiger charge is 2.38. The predicted octanol–water partition coefficient (Wildman–Crippen LogP) is 2.52. The van der Waals surface area contributed by atoms with E-state index in [-0.39, 0.29) is 29.7 Å². The molecule has 1 aliphatic heterocycles. The molecule has 1 fully saturated rings. The van der Waals surface area contributed by atoms with E-state index in [4.69, 9.17) is 18.9 Å². The van der Waals surface area contributed by atoms with E-state index < -0.39 is 31.5 Å². The molecule has 1 aromatic carbocycles. The number of fused-ring (bicyclic) bond motifs is 1. The molecule has 0 bridgehead atoms. The molecule has 1 aliphatic carbocycles. The average molecular weight is 433 g/mol. The van der Waals surface area contributed by atoms with Crippen molar-refractivity contribution in [3.8, 4) is 5.75 Å². The number of hydrogen-bond acceptors (Lipinski definition) is 8. The SMILES string of the molecule is CCC(=O)N[C@H]1Cc2cccc(C(=O)OC(C)OC(=O)OC3CCCCC3)c2OB1O. The fourth-order valence-corrected chi connectivity index (χ4v) is 3.74. The van der Waals surface area contributed by atoms with Crippen LogP contribution in [0.25, 0.3) is 0 Å². The Bertz CT molecular complexity index is 811. The van der Waals surface area contributed by atoms with E-state index in [1.54, 1.807) is 19.1 Å². The second-order valence-electron chi connectivity index (χ2n) is 7.75. The minimum absolute atomic E-state index is 0.0907. The van der Waals surface area contributed by atoms with Gasteiger partial charge in [0.1, 0.15) is 17.4 Å². The van der Waals surface area contributed by atoms with Crippen LogP contribution < -0.4 is 9.97 Å². The van der Waals surface area contributed by atoms with Gasteiger partial charge in [-0.2, -0.15) is 0 Å². The Labute approximate surface area is 181 Å². The van der Waals surface area contributed by atoms with Gasteiger partial charge in [0, 0.05) is 13.3 Å². The number of nitrogens with one attached hydrogen (secondary N) is 1. The molecule has 0 radical (unpaired) electrons. The van der Waals surface area contributed by atoms with Gasteiger partial charge in [0.25, 0.3) is 0 Å². The van der Waals surface area contributed by atoms with E-state index in [0.717, 1.165) is 32.1 Å². The molecule has 0 aromatic heterocycles. The van der Waals surface area contributed by atoms with Crippen LogP contribution in [0.5, 0.6) is 5.75 Å². The molecule has 1 unspecified atom stereocenters. The van der Waals surface area contributed by atoms with Crippen molar-refractivity contribution < 1.29 is 38.3 Å². The Morgan fingerprint density at radius 2 is 1.97 bits per heavy atom. The van der Waals surface area contributed by atoms with Gasteiger partial charge in [-0.25, -0.2) is 9.59 Å². The van der Waals surface area contributed by atoms with E-state index in [1.165, 1.54) is 13.0 Å². The van der Waals surface area contributed by atoms with Crippen LogP contribution in [0.4, 0.5) is 4.79 Å². The number of esters is 1. The molecule has 1 amide bonds. The minimum Gasteiger partial charge on any atom is -0.534 e. The first kappa shape index (κ1) is 22.9. The second-order valence-corrected chi connectivity index (χ2v) is 7.75. The fraction of sp³-hybridized carbons (Fsp3) is 0.571. The smallest absolute Gasteiger partial charge is 0.534 e. The number of hydrogen-bond donors (Lipinski definition) is 2. The molecule has 2 aliphatic rings. The van der Waals surface area contributed by atoms with Crippen molar-refractivity contribution in [1.82, 2.24) is 5.32 Å². The van der Waals surface area contributed by atoms with Gasteiger partial charge in [-0.05, 0) is 43.7 Å². The Morgan fingerprint density at radius 3 is 2.68 bits per heavy atom. The summed E-state index contributed by atoms with van der Waals surface area (Å²) in [4.78, 5) is 36.2. The Hall–Kier alpha value is -2.75. The zero-order valence-electron chi connectivity index (χ0n) is 17.8. The monoisotopic (exact) mass is 433 g/mol. The average Bonchev–Trinajstić information content (AvgIpc) is 2.74. The predicted molar refractivity (Wildman–Crippen MR) is 110 cm³/mol. The molecular weight excluding hydrogens is 405 g/mol. The van der Waals surface area contributed by atoms with Crippen molar-refractivity contribution in [3.05, 3.63) is 29.3 Å². The third-order valence-electron chi connectivity index (χ3n) is 5.36. The highest BCUT2D eigenvalue weighted by molar-refractivity contribution is 6.47. The molecule has 1 aromatic rings. The quantitative estimate of drug-likeness (QED) is 0.399. The summed E-state index contributed by atoms with van der Waals surface area (Å²) in [6.45, 7) is 3.13. The highest BCUT2D eigenvalue weighted by Crippen LogP contribution is 2.31. The largest absolute Gasteiger partial charge is 0.547 e. The molecule has 9 nitrogen and oxygen atoms in total. The molecule has 0 saturated heterocycles. The molecule has 3 rings (SSSR count). The lowest BCUT2D eigenvalue weighted by Gasteiger charge is -2.29. The second kappa shape index (κ2) is 10.5. The first-order chi connectivity index (χ1) is 14.9. The summed E-state index contributed by atoms with van der Waals surface area (Å²) in [6.07, 6.45) is 3.14. The van der Waals surface area contributed by atoms with Crippen LogP contribution in [-0.4, -0.2) is 48.5 Å². The zero-order chi connectivity index (χ0) is 22.4. The van der Waals surface area contributed by atoms with Gasteiger partial charge in [0.15, 0.2) is 0 Å². The summed E-state index contributed by atoms with van der Waals surface area (Å²) in [7, 11) is -1.31. The Morgan fingerprint density at radius 1 is 1.23 bits per heavy atom. The number of para-hydroxylation sites is 1. The van der Waals surface area contributed by atoms with Crippen molar-refractivity contribution in [1.29, 1.82) is 0 Å². The van der Waals surface area contributed by atoms with E-state index in [0.29, 0.717) is 12.0 Å². The molecule has 10 heteroatoms. The lowest BCUT2D eigenvalue weighted by atomic mass is 9.72. The van der Waals surface area contributed by atoms with Crippen LogP contribution in [0.2, 0.25) is 0 Å². The summed E-state index contributed by atoms with van der Waals surface area (Å²) < 4.78 is 21.0. The van der Waals surface area contributed by atoms with Gasteiger partial charge in [-0.1, -0.05) is 25.5 Å². The van der Waals surface area contributed by atoms with Crippen LogP contribution in [0, 0.1) is 0 Å². The summed E-state index contributed by atoms with van der Waals surface area (Å²) in [6, 6.07) is 4.88. The van der Waals surface area contributed by atoms with Crippen LogP contribution in [-0.2, 0) is 25.4 Å². The summed E-state index contributed by atoms with van der Waals surface area (Å²) in [5.41, 5.74) is 0.736. The van der Waals surface area contributed by atoms with Crippen LogP contribution in [0.15, 0.2) is 18.2 Å². The summed E-state index contributed by atoms with van der Waals surface area (Å²) >= 11 is 0. The van der Waals surface area contributed by atoms with Crippen molar-refractivity contribution in [2.24, 2.45) is 0 Å². The zero-order valence-corrected chi connectivity index (χ0v) is 17.8. The fourth-order valence-electron chi connectivity index (χ4n) is 3.74. The molecule has 2 N–H and O–H groups in total. The van der Waals surface area contributed by atoms with Gasteiger partial charge < -0.3 is 29.2 Å².